The Kier molecular flexibility index (Phi) is 3.93. The molecule has 0 fully saturated rings. The van der Waals surface area contributed by atoms with Crippen LogP contribution in [0.4, 0.5) is 13.2 Å². The first-order chi connectivity index (χ1) is 6.93. The number of nitrogens with two attached hydrogens (primary N) is 1. The topological polar surface area (TPSA) is 38.9 Å². The number of rotatable bonds is 3. The second kappa shape index (κ2) is 4.81. The fourth-order valence-corrected chi connectivity index (χ4v) is 1.35. The number of hydrogen-bond acceptors (Lipinski definition) is 2. The number of nitrogens with zero attached hydrogens (tertiary/aromatic N) is 1. The van der Waals surface area contributed by atoms with Gasteiger partial charge in [0.25, 0.3) is 0 Å². The Hall–Kier alpha value is -0.810. The van der Waals surface area contributed by atoms with Crippen molar-refractivity contribution >= 4 is 11.6 Å². The predicted molar refractivity (Wildman–Crippen MR) is 51.6 cm³/mol. The number of pyridine rings is 1. The minimum atomic E-state index is -4.38. The highest BCUT2D eigenvalue weighted by atomic mass is 35.5. The Morgan fingerprint density at radius 3 is 2.53 bits per heavy atom. The van der Waals surface area contributed by atoms with E-state index in [1.165, 1.54) is 0 Å². The van der Waals surface area contributed by atoms with Crippen molar-refractivity contribution in [3.63, 3.8) is 0 Å². The third-order valence-electron chi connectivity index (χ3n) is 1.81. The summed E-state index contributed by atoms with van der Waals surface area (Å²) in [5.41, 5.74) is 4.81. The molecule has 1 rings (SSSR count). The van der Waals surface area contributed by atoms with E-state index < -0.39 is 11.7 Å². The molecule has 1 aromatic rings. The molecule has 2 N–H and O–H groups in total. The number of aryl methyl sites for hydroxylation is 1. The maximum Gasteiger partial charge on any atom is 0.416 e. The monoisotopic (exact) mass is 238 g/mol. The van der Waals surface area contributed by atoms with Crippen LogP contribution in [0.25, 0.3) is 0 Å². The van der Waals surface area contributed by atoms with Crippen LogP contribution >= 0.6 is 11.6 Å². The molecule has 0 saturated carbocycles. The average Bonchev–Trinajstić information content (AvgIpc) is 2.12. The van der Waals surface area contributed by atoms with E-state index in [0.717, 1.165) is 12.1 Å². The molecule has 84 valence electrons. The van der Waals surface area contributed by atoms with Crippen LogP contribution in [-0.4, -0.2) is 11.5 Å². The Morgan fingerprint density at radius 2 is 2.00 bits per heavy atom. The van der Waals surface area contributed by atoms with E-state index in [4.69, 9.17) is 17.3 Å². The molecule has 0 aliphatic carbocycles. The highest BCUT2D eigenvalue weighted by Gasteiger charge is 2.31. The Balaban J connectivity index is 2.95. The summed E-state index contributed by atoms with van der Waals surface area (Å²) in [6, 6.07) is 1.81. The molecule has 0 aliphatic rings. The van der Waals surface area contributed by atoms with Gasteiger partial charge in [0.2, 0.25) is 0 Å². The number of alkyl halides is 3. The molecule has 0 radical (unpaired) electrons. The van der Waals surface area contributed by atoms with Crippen molar-refractivity contribution in [3.8, 4) is 0 Å². The van der Waals surface area contributed by atoms with Gasteiger partial charge in [-0.15, -0.1) is 0 Å². The maximum atomic E-state index is 12.4. The second-order valence-electron chi connectivity index (χ2n) is 3.06. The Labute approximate surface area is 90.3 Å². The van der Waals surface area contributed by atoms with Crippen LogP contribution in [0.3, 0.4) is 0 Å². The molecule has 2 nitrogen and oxygen atoms in total. The van der Waals surface area contributed by atoms with E-state index >= 15 is 0 Å². The number of aromatic nitrogens is 1. The van der Waals surface area contributed by atoms with E-state index in [0.29, 0.717) is 25.1 Å². The minimum Gasteiger partial charge on any atom is -0.330 e. The fourth-order valence-electron chi connectivity index (χ4n) is 1.13. The molecule has 1 aromatic heterocycles. The van der Waals surface area contributed by atoms with Gasteiger partial charge in [-0.25, -0.2) is 4.98 Å². The summed E-state index contributed by atoms with van der Waals surface area (Å²) in [5, 5.41) is -0.142. The van der Waals surface area contributed by atoms with Crippen molar-refractivity contribution in [1.29, 1.82) is 0 Å². The lowest BCUT2D eigenvalue weighted by Crippen LogP contribution is -2.08. The smallest absolute Gasteiger partial charge is 0.330 e. The van der Waals surface area contributed by atoms with Crippen LogP contribution in [0, 0.1) is 0 Å². The van der Waals surface area contributed by atoms with Gasteiger partial charge in [-0.05, 0) is 31.5 Å². The highest BCUT2D eigenvalue weighted by molar-refractivity contribution is 6.29. The maximum absolute atomic E-state index is 12.4. The van der Waals surface area contributed by atoms with Crippen molar-refractivity contribution in [2.75, 3.05) is 6.54 Å². The zero-order valence-electron chi connectivity index (χ0n) is 7.81. The van der Waals surface area contributed by atoms with E-state index in [9.17, 15) is 13.2 Å². The molecular weight excluding hydrogens is 229 g/mol. The van der Waals surface area contributed by atoms with E-state index in [1.54, 1.807) is 0 Å². The van der Waals surface area contributed by atoms with Gasteiger partial charge in [-0.1, -0.05) is 11.6 Å². The van der Waals surface area contributed by atoms with Crippen molar-refractivity contribution in [2.45, 2.75) is 19.0 Å². The highest BCUT2D eigenvalue weighted by Crippen LogP contribution is 2.30. The zero-order valence-corrected chi connectivity index (χ0v) is 8.57. The molecule has 0 aromatic carbocycles. The summed E-state index contributed by atoms with van der Waals surface area (Å²) < 4.78 is 37.1. The molecule has 0 spiro atoms. The summed E-state index contributed by atoms with van der Waals surface area (Å²) in [6.07, 6.45) is -3.39. The standard InChI is InChI=1S/C9H10ClF3N2/c10-8-5-6(9(11,12)13)4-7(15-8)2-1-3-14/h4-5H,1-3,14H2. The van der Waals surface area contributed by atoms with Gasteiger partial charge in [0, 0.05) is 5.69 Å². The third-order valence-corrected chi connectivity index (χ3v) is 2.01. The Morgan fingerprint density at radius 1 is 1.33 bits per heavy atom. The SMILES string of the molecule is NCCCc1cc(C(F)(F)F)cc(Cl)n1. The molecule has 0 amide bonds. The predicted octanol–water partition coefficient (Wildman–Crippen LogP) is 2.65. The quantitative estimate of drug-likeness (QED) is 0.823. The molecule has 15 heavy (non-hydrogen) atoms. The normalized spacial score (nSPS) is 11.8. The second-order valence-corrected chi connectivity index (χ2v) is 3.45. The van der Waals surface area contributed by atoms with E-state index in [1.807, 2.05) is 0 Å². The summed E-state index contributed by atoms with van der Waals surface area (Å²) in [7, 11) is 0. The van der Waals surface area contributed by atoms with Gasteiger partial charge in [0.05, 0.1) is 5.56 Å². The van der Waals surface area contributed by atoms with Crippen LogP contribution in [0.15, 0.2) is 12.1 Å². The molecule has 0 saturated heterocycles. The number of halogens is 4. The lowest BCUT2D eigenvalue weighted by atomic mass is 10.1. The third kappa shape index (κ3) is 3.68. The van der Waals surface area contributed by atoms with Gasteiger partial charge in [-0.3, -0.25) is 0 Å². The largest absolute Gasteiger partial charge is 0.416 e. The molecule has 6 heteroatoms. The first kappa shape index (κ1) is 12.3. The molecule has 0 bridgehead atoms. The van der Waals surface area contributed by atoms with Crippen LogP contribution in [0.5, 0.6) is 0 Å². The van der Waals surface area contributed by atoms with Gasteiger partial charge >= 0.3 is 6.18 Å². The average molecular weight is 239 g/mol. The fraction of sp³-hybridized carbons (Fsp3) is 0.444. The first-order valence-corrected chi connectivity index (χ1v) is 4.75. The van der Waals surface area contributed by atoms with Crippen molar-refractivity contribution in [3.05, 3.63) is 28.5 Å². The zero-order chi connectivity index (χ0) is 11.5. The lowest BCUT2D eigenvalue weighted by Gasteiger charge is -2.08. The Bertz CT molecular complexity index is 339. The lowest BCUT2D eigenvalue weighted by molar-refractivity contribution is -0.137. The van der Waals surface area contributed by atoms with Crippen LogP contribution < -0.4 is 5.73 Å². The van der Waals surface area contributed by atoms with Gasteiger partial charge < -0.3 is 5.73 Å². The summed E-state index contributed by atoms with van der Waals surface area (Å²) in [5.74, 6) is 0. The molecular formula is C9H10ClF3N2. The van der Waals surface area contributed by atoms with E-state index in [-0.39, 0.29) is 5.15 Å². The van der Waals surface area contributed by atoms with Crippen LogP contribution in [0.1, 0.15) is 17.7 Å². The van der Waals surface area contributed by atoms with Crippen molar-refractivity contribution < 1.29 is 13.2 Å². The summed E-state index contributed by atoms with van der Waals surface area (Å²) >= 11 is 5.49. The van der Waals surface area contributed by atoms with Gasteiger partial charge in [-0.2, -0.15) is 13.2 Å². The van der Waals surface area contributed by atoms with Crippen molar-refractivity contribution in [1.82, 2.24) is 4.98 Å². The first-order valence-electron chi connectivity index (χ1n) is 4.37. The minimum absolute atomic E-state index is 0.142. The molecule has 1 heterocycles. The van der Waals surface area contributed by atoms with Crippen molar-refractivity contribution in [2.24, 2.45) is 5.73 Å². The van der Waals surface area contributed by atoms with Crippen LogP contribution in [-0.2, 0) is 12.6 Å². The molecule has 0 aliphatic heterocycles. The molecule has 0 unspecified atom stereocenters. The molecule has 0 atom stereocenters. The summed E-state index contributed by atoms with van der Waals surface area (Å²) in [4.78, 5) is 3.79. The summed E-state index contributed by atoms with van der Waals surface area (Å²) in [6.45, 7) is 0.412. The van der Waals surface area contributed by atoms with Crippen LogP contribution in [0.2, 0.25) is 5.15 Å². The van der Waals surface area contributed by atoms with Gasteiger partial charge in [0.1, 0.15) is 5.15 Å². The number of hydrogen-bond donors (Lipinski definition) is 1. The van der Waals surface area contributed by atoms with Gasteiger partial charge in [0.15, 0.2) is 0 Å². The van der Waals surface area contributed by atoms with E-state index in [2.05, 4.69) is 4.98 Å².